The van der Waals surface area contributed by atoms with Crippen LogP contribution in [-0.2, 0) is 19.3 Å². The summed E-state index contributed by atoms with van der Waals surface area (Å²) in [4.78, 5) is 33.9. The summed E-state index contributed by atoms with van der Waals surface area (Å²) >= 11 is 3.30. The molecule has 5 saturated carbocycles. The van der Waals surface area contributed by atoms with Gasteiger partial charge in [0.15, 0.2) is 11.7 Å². The van der Waals surface area contributed by atoms with Gasteiger partial charge in [0.25, 0.3) is 0 Å². The smallest absolute Gasteiger partial charge is 0.189 e. The lowest BCUT2D eigenvalue weighted by molar-refractivity contribution is -0.0435. The molecule has 12 atom stereocenters. The number of thiophene rings is 2. The Morgan fingerprint density at radius 3 is 2.68 bits per heavy atom. The second kappa shape index (κ2) is 18.9. The van der Waals surface area contributed by atoms with E-state index in [0.717, 1.165) is 125 Å². The Bertz CT molecular complexity index is 3450. The van der Waals surface area contributed by atoms with Crippen molar-refractivity contribution in [3.63, 3.8) is 0 Å². The van der Waals surface area contributed by atoms with E-state index in [-0.39, 0.29) is 65.2 Å². The molecule has 0 unspecified atom stereocenters. The Morgan fingerprint density at radius 1 is 0.987 bits per heavy atom. The minimum Gasteiger partial charge on any atom is -0.507 e. The number of allylic oxidation sites excluding steroid dienone is 1. The standard InChI is InChI=1S/C66H72N6O4S2/c1-3-9-44-15-19-53(77-44)54-20-21-55(78-54)60(75)51-24-27-63-28-25-56-64(51,36-63)37-65(26-8-11-41(65)35-73)66(56)29-23-47-46-14-7-10-39(49(46)32-43-34-68-38-69-43)33-62(2,76)57-22-17-48-52(74)30-40(45(59(48)71-57)16-18-50(47)66)31-58(63)72-61(67)70-42-12-5-4-6-13-42/h7,10,14-15,17,19-22,25,28,30,34,38,41-42,47,50-51,56-58,71,73-74,76H,4-6,8,11-13,23-24,26-27,29,31-33,35-37H2,1-2H3,(H,68,69)(H3,67,70,72)/t41-,47+,50+,51+,56-,57-,58-,62-,63-,64+,65+,66+/m1/s1. The van der Waals surface area contributed by atoms with E-state index in [2.05, 4.69) is 98.9 Å². The van der Waals surface area contributed by atoms with Gasteiger partial charge in [0.05, 0.1) is 45.0 Å². The normalized spacial score (nSPS) is 34.9. The summed E-state index contributed by atoms with van der Waals surface area (Å²) in [6.07, 6.45) is 27.8. The molecular weight excluding hydrogens is 1000 g/mol. The number of carbonyl (C=O) groups excluding carboxylic acids is 1. The SMILES string of the molecule is CC#Cc1ccc(-c2ccc(C(=O)[C@@H]3CC[C@@]45C=C[C@@H]6[C@@]3(C4)C[C@]3(CCC[C@@H]3CO)[C@]63CC[C@H]4c6cccc(c6Cc6cnc[nH]6)C[C@@](C)(O)[C@H]6C=Cc7c(O)cc(c(c7N6)C#C[C@@H]43)C[C@H]5N=C(N)NC3CCCCC3)s2)s1. The molecule has 0 amide bonds. The predicted octanol–water partition coefficient (Wildman–Crippen LogP) is 11.7. The number of nitrogens with two attached hydrogens (primary N) is 1. The monoisotopic (exact) mass is 1080 g/mol. The van der Waals surface area contributed by atoms with Gasteiger partial charge in [-0.15, -0.1) is 28.6 Å². The van der Waals surface area contributed by atoms with Crippen LogP contribution in [0.3, 0.4) is 0 Å². The maximum absolute atomic E-state index is 16.2. The molecule has 5 aromatic rings. The number of aromatic hydroxyl groups is 1. The number of phenolic OH excluding ortho intramolecular Hbond substituents is 1. The van der Waals surface area contributed by atoms with Crippen molar-refractivity contribution in [2.75, 3.05) is 11.9 Å². The molecule has 8 N–H and O–H groups in total. The zero-order valence-corrected chi connectivity index (χ0v) is 46.6. The number of carbonyl (C=O) groups is 1. The van der Waals surface area contributed by atoms with Crippen molar-refractivity contribution in [1.82, 2.24) is 15.3 Å². The molecule has 78 heavy (non-hydrogen) atoms. The number of aliphatic hydroxyl groups is 2. The number of Topliss-reactive ketones (excluding diaryl/α,β-unsaturated/α-hetero) is 1. The summed E-state index contributed by atoms with van der Waals surface area (Å²) in [6, 6.07) is 16.5. The van der Waals surface area contributed by atoms with Crippen LogP contribution in [0, 0.1) is 69.0 Å². The van der Waals surface area contributed by atoms with Crippen LogP contribution in [0.15, 0.2) is 84.3 Å². The lowest BCUT2D eigenvalue weighted by Crippen LogP contribution is -2.56. The summed E-state index contributed by atoms with van der Waals surface area (Å²) in [7, 11) is 0. The molecule has 15 rings (SSSR count). The molecule has 3 aromatic heterocycles. The number of hydrogen-bond acceptors (Lipinski definition) is 9. The number of aliphatic hydroxyl groups excluding tert-OH is 1. The van der Waals surface area contributed by atoms with Gasteiger partial charge in [0.2, 0.25) is 0 Å². The lowest BCUT2D eigenvalue weighted by atomic mass is 9.45. The topological polar surface area (TPSA) is 169 Å². The van der Waals surface area contributed by atoms with Gasteiger partial charge in [-0.2, -0.15) is 0 Å². The molecule has 0 saturated heterocycles. The van der Waals surface area contributed by atoms with Crippen molar-refractivity contribution >= 4 is 46.2 Å². The molecule has 10 bridgehead atoms. The van der Waals surface area contributed by atoms with Crippen LogP contribution in [0.5, 0.6) is 5.75 Å². The molecule has 12 heteroatoms. The number of aromatic nitrogens is 2. The first-order valence-corrected chi connectivity index (χ1v) is 30.7. The third kappa shape index (κ3) is 7.66. The second-order valence-electron chi connectivity index (χ2n) is 25.4. The number of H-pyrrole nitrogens is 1. The molecular formula is C66H72N6O4S2. The Kier molecular flexibility index (Phi) is 12.2. The first-order chi connectivity index (χ1) is 37.9. The van der Waals surface area contributed by atoms with Gasteiger partial charge in [0, 0.05) is 69.9 Å². The van der Waals surface area contributed by atoms with Crippen LogP contribution in [0.4, 0.5) is 5.69 Å². The number of anilines is 1. The third-order valence-electron chi connectivity index (χ3n) is 21.6. The number of fused-ring (bicyclic) bond motifs is 5. The maximum Gasteiger partial charge on any atom is 0.189 e. The van der Waals surface area contributed by atoms with E-state index in [1.54, 1.807) is 29.0 Å². The highest BCUT2D eigenvalue weighted by Crippen LogP contribution is 2.84. The number of nitrogens with zero attached hydrogens (tertiary/aromatic N) is 2. The van der Waals surface area contributed by atoms with Gasteiger partial charge in [-0.3, -0.25) is 4.79 Å². The van der Waals surface area contributed by atoms with Crippen LogP contribution < -0.4 is 16.4 Å². The summed E-state index contributed by atoms with van der Waals surface area (Å²) in [5.74, 6) is 15.0. The summed E-state index contributed by atoms with van der Waals surface area (Å²) < 4.78 is 0. The van der Waals surface area contributed by atoms with Crippen LogP contribution >= 0.6 is 22.7 Å². The molecule has 4 spiro atoms. The number of aromatic amines is 1. The van der Waals surface area contributed by atoms with E-state index in [1.165, 1.54) is 17.5 Å². The molecule has 5 fully saturated rings. The van der Waals surface area contributed by atoms with Crippen molar-refractivity contribution in [3.8, 4) is 39.2 Å². The predicted molar refractivity (Wildman–Crippen MR) is 311 cm³/mol. The fraction of sp³-hybridized carbons (Fsp3) is 0.500. The average Bonchev–Trinajstić information content (AvgIpc) is 2.10. The Labute approximate surface area is 467 Å². The molecule has 2 aliphatic heterocycles. The van der Waals surface area contributed by atoms with Crippen molar-refractivity contribution in [2.45, 2.75) is 153 Å². The van der Waals surface area contributed by atoms with E-state index >= 15 is 4.79 Å². The van der Waals surface area contributed by atoms with Gasteiger partial charge in [-0.25, -0.2) is 9.98 Å². The largest absolute Gasteiger partial charge is 0.507 e. The minimum atomic E-state index is -1.24. The quantitative estimate of drug-likeness (QED) is 0.0265. The first kappa shape index (κ1) is 50.3. The van der Waals surface area contributed by atoms with Crippen molar-refractivity contribution in [1.29, 1.82) is 0 Å². The fourth-order valence-electron chi connectivity index (χ4n) is 18.5. The van der Waals surface area contributed by atoms with Crippen LogP contribution in [0.25, 0.3) is 15.8 Å². The van der Waals surface area contributed by atoms with Crippen molar-refractivity contribution < 1.29 is 20.1 Å². The second-order valence-corrected chi connectivity index (χ2v) is 27.5. The van der Waals surface area contributed by atoms with Crippen LogP contribution in [-0.4, -0.2) is 67.4 Å². The maximum atomic E-state index is 16.2. The summed E-state index contributed by atoms with van der Waals surface area (Å²) in [6.45, 7) is 3.90. The molecule has 5 heterocycles. The van der Waals surface area contributed by atoms with Crippen molar-refractivity contribution in [2.24, 2.45) is 56.1 Å². The molecule has 8 aliphatic carbocycles. The molecule has 402 valence electrons. The summed E-state index contributed by atoms with van der Waals surface area (Å²) in [5.41, 5.74) is 12.0. The zero-order chi connectivity index (χ0) is 53.2. The van der Waals surface area contributed by atoms with Gasteiger partial charge >= 0.3 is 0 Å². The van der Waals surface area contributed by atoms with E-state index in [1.807, 2.05) is 38.3 Å². The van der Waals surface area contributed by atoms with E-state index < -0.39 is 27.9 Å². The molecule has 10 aliphatic rings. The third-order valence-corrected chi connectivity index (χ3v) is 23.9. The average molecular weight is 1080 g/mol. The highest BCUT2D eigenvalue weighted by Gasteiger charge is 2.78. The highest BCUT2D eigenvalue weighted by atomic mass is 32.1. The Balaban J connectivity index is 1.02. The fourth-order valence-corrected chi connectivity index (χ4v) is 20.5. The van der Waals surface area contributed by atoms with Gasteiger partial charge < -0.3 is 36.7 Å². The minimum absolute atomic E-state index is 0.00760. The molecule has 2 aromatic carbocycles. The number of phenols is 1. The van der Waals surface area contributed by atoms with Gasteiger partial charge in [-0.05, 0) is 171 Å². The van der Waals surface area contributed by atoms with Crippen molar-refractivity contribution in [3.05, 3.63) is 128 Å². The number of hydrogen-bond donors (Lipinski definition) is 7. The number of benzene rings is 2. The molecule has 10 nitrogen and oxygen atoms in total. The number of aliphatic imine (C=N–C) groups is 1. The van der Waals surface area contributed by atoms with E-state index in [9.17, 15) is 15.3 Å². The molecule has 0 radical (unpaired) electrons. The zero-order valence-electron chi connectivity index (χ0n) is 45.0. The van der Waals surface area contributed by atoms with E-state index in [0.29, 0.717) is 37.2 Å². The number of nitrogens with one attached hydrogen (secondary N) is 3. The lowest BCUT2D eigenvalue weighted by Gasteiger charge is -2.58. The Hall–Kier alpha value is -5.89. The highest BCUT2D eigenvalue weighted by molar-refractivity contribution is 7.23. The number of ketones is 1. The van der Waals surface area contributed by atoms with Gasteiger partial charge in [0.1, 0.15) is 5.75 Å². The number of rotatable bonds is 8. The van der Waals surface area contributed by atoms with Crippen LogP contribution in [0.1, 0.15) is 163 Å². The number of imidazole rings is 1. The number of guanidine groups is 1. The van der Waals surface area contributed by atoms with E-state index in [4.69, 9.17) is 10.7 Å². The first-order valence-electron chi connectivity index (χ1n) is 29.1. The van der Waals surface area contributed by atoms with Crippen LogP contribution in [0.2, 0.25) is 0 Å². The van der Waals surface area contributed by atoms with Gasteiger partial charge in [-0.1, -0.05) is 85.9 Å². The Morgan fingerprint density at radius 2 is 1.85 bits per heavy atom. The summed E-state index contributed by atoms with van der Waals surface area (Å²) in [5, 5.41) is 44.7.